The molecule has 0 atom stereocenters. The normalized spacial score (nSPS) is 10.0. The summed E-state index contributed by atoms with van der Waals surface area (Å²) < 4.78 is 5.44. The molecule has 0 fully saturated rings. The fraction of sp³-hybridized carbons (Fsp3) is 0.0909. The van der Waals surface area contributed by atoms with E-state index in [0.29, 0.717) is 17.0 Å². The zero-order valence-electron chi connectivity index (χ0n) is 9.02. The minimum atomic E-state index is -1.55. The number of hydrogen-bond acceptors (Lipinski definition) is 5. The monoisotopic (exact) mass is 230 g/mol. The molecule has 0 aliphatic carbocycles. The zero-order valence-corrected chi connectivity index (χ0v) is 9.02. The van der Waals surface area contributed by atoms with Gasteiger partial charge in [0.25, 0.3) is 0 Å². The van der Waals surface area contributed by atoms with Gasteiger partial charge < -0.3 is 14.8 Å². The van der Waals surface area contributed by atoms with Gasteiger partial charge in [0.1, 0.15) is 12.4 Å². The number of benzene rings is 1. The maximum absolute atomic E-state index is 9.15. The molecule has 0 amide bonds. The third kappa shape index (κ3) is 3.02. The molecule has 0 saturated carbocycles. The topological polar surface area (TPSA) is 75.5 Å². The standard InChI is InChI=1S/C11H11BN2O3/c15-12(16)9-4-1-2-5-10(9)17-8-11-13-6-3-7-14-11/h1-7,15-16H,8H2. The molecule has 0 aliphatic rings. The quantitative estimate of drug-likeness (QED) is 0.707. The Morgan fingerprint density at radius 1 is 1.06 bits per heavy atom. The first kappa shape index (κ1) is 11.6. The highest BCUT2D eigenvalue weighted by Crippen LogP contribution is 2.08. The lowest BCUT2D eigenvalue weighted by molar-refractivity contribution is 0.296. The van der Waals surface area contributed by atoms with Crippen molar-refractivity contribution in [3.8, 4) is 5.75 Å². The Morgan fingerprint density at radius 3 is 2.47 bits per heavy atom. The molecule has 6 heteroatoms. The average Bonchev–Trinajstić information content (AvgIpc) is 2.38. The summed E-state index contributed by atoms with van der Waals surface area (Å²) in [5.41, 5.74) is 0.323. The molecule has 1 aromatic carbocycles. The van der Waals surface area contributed by atoms with E-state index in [9.17, 15) is 0 Å². The van der Waals surface area contributed by atoms with Crippen molar-refractivity contribution in [2.75, 3.05) is 0 Å². The predicted molar refractivity (Wildman–Crippen MR) is 62.6 cm³/mol. The van der Waals surface area contributed by atoms with Gasteiger partial charge in [-0.3, -0.25) is 0 Å². The molecule has 17 heavy (non-hydrogen) atoms. The van der Waals surface area contributed by atoms with Crippen LogP contribution in [0.4, 0.5) is 0 Å². The van der Waals surface area contributed by atoms with Gasteiger partial charge in [-0.2, -0.15) is 0 Å². The van der Waals surface area contributed by atoms with Crippen molar-refractivity contribution in [3.63, 3.8) is 0 Å². The summed E-state index contributed by atoms with van der Waals surface area (Å²) in [5.74, 6) is 0.949. The summed E-state index contributed by atoms with van der Waals surface area (Å²) >= 11 is 0. The number of nitrogens with zero attached hydrogens (tertiary/aromatic N) is 2. The number of aromatic nitrogens is 2. The summed E-state index contributed by atoms with van der Waals surface area (Å²) in [4.78, 5) is 8.01. The molecule has 5 nitrogen and oxygen atoms in total. The highest BCUT2D eigenvalue weighted by molar-refractivity contribution is 6.59. The summed E-state index contributed by atoms with van der Waals surface area (Å²) in [7, 11) is -1.55. The van der Waals surface area contributed by atoms with Crippen LogP contribution < -0.4 is 10.2 Å². The highest BCUT2D eigenvalue weighted by Gasteiger charge is 2.16. The van der Waals surface area contributed by atoms with Gasteiger partial charge in [0.15, 0.2) is 5.82 Å². The van der Waals surface area contributed by atoms with Crippen molar-refractivity contribution >= 4 is 12.6 Å². The SMILES string of the molecule is OB(O)c1ccccc1OCc1ncccn1. The van der Waals surface area contributed by atoms with Gasteiger partial charge in [-0.1, -0.05) is 18.2 Å². The first-order chi connectivity index (χ1) is 8.27. The summed E-state index contributed by atoms with van der Waals surface area (Å²) in [6.07, 6.45) is 3.25. The molecule has 2 aromatic rings. The molecule has 0 radical (unpaired) electrons. The molecule has 1 aromatic heterocycles. The van der Waals surface area contributed by atoms with Crippen LogP contribution in [0.5, 0.6) is 5.75 Å². The van der Waals surface area contributed by atoms with E-state index in [1.807, 2.05) is 0 Å². The van der Waals surface area contributed by atoms with Crippen LogP contribution in [0.25, 0.3) is 0 Å². The van der Waals surface area contributed by atoms with E-state index >= 15 is 0 Å². The molecule has 0 aliphatic heterocycles. The van der Waals surface area contributed by atoms with Gasteiger partial charge in [-0.05, 0) is 12.1 Å². The Labute approximate surface area is 98.9 Å². The second-order valence-electron chi connectivity index (χ2n) is 3.37. The maximum Gasteiger partial charge on any atom is 0.492 e. The molecule has 2 N–H and O–H groups in total. The van der Waals surface area contributed by atoms with Gasteiger partial charge in [-0.15, -0.1) is 0 Å². The summed E-state index contributed by atoms with van der Waals surface area (Å²) in [5, 5.41) is 18.3. The first-order valence-corrected chi connectivity index (χ1v) is 5.11. The van der Waals surface area contributed by atoms with Crippen LogP contribution in [0.3, 0.4) is 0 Å². The van der Waals surface area contributed by atoms with E-state index in [1.165, 1.54) is 0 Å². The molecule has 1 heterocycles. The third-order valence-corrected chi connectivity index (χ3v) is 2.17. The minimum Gasteiger partial charge on any atom is -0.486 e. The van der Waals surface area contributed by atoms with Crippen LogP contribution in [0.1, 0.15) is 5.82 Å². The second kappa shape index (κ2) is 5.42. The first-order valence-electron chi connectivity index (χ1n) is 5.11. The lowest BCUT2D eigenvalue weighted by atomic mass is 9.79. The van der Waals surface area contributed by atoms with Crippen LogP contribution >= 0.6 is 0 Å². The van der Waals surface area contributed by atoms with E-state index in [4.69, 9.17) is 14.8 Å². The lowest BCUT2D eigenvalue weighted by Crippen LogP contribution is -2.31. The zero-order chi connectivity index (χ0) is 12.1. The summed E-state index contributed by atoms with van der Waals surface area (Å²) in [6.45, 7) is 0.185. The van der Waals surface area contributed by atoms with Gasteiger partial charge in [0.05, 0.1) is 0 Å². The Balaban J connectivity index is 2.09. The largest absolute Gasteiger partial charge is 0.492 e. The molecular formula is C11H11BN2O3. The van der Waals surface area contributed by atoms with Gasteiger partial charge in [0, 0.05) is 17.9 Å². The van der Waals surface area contributed by atoms with Crippen molar-refractivity contribution in [1.82, 2.24) is 9.97 Å². The maximum atomic E-state index is 9.15. The van der Waals surface area contributed by atoms with Crippen LogP contribution in [0.15, 0.2) is 42.7 Å². The van der Waals surface area contributed by atoms with Crippen molar-refractivity contribution in [2.45, 2.75) is 6.61 Å². The second-order valence-corrected chi connectivity index (χ2v) is 3.37. The van der Waals surface area contributed by atoms with Gasteiger partial charge in [0.2, 0.25) is 0 Å². The molecule has 0 spiro atoms. The van der Waals surface area contributed by atoms with E-state index in [1.54, 1.807) is 42.7 Å². The highest BCUT2D eigenvalue weighted by atomic mass is 16.5. The lowest BCUT2D eigenvalue weighted by Gasteiger charge is -2.09. The third-order valence-electron chi connectivity index (χ3n) is 2.17. The van der Waals surface area contributed by atoms with E-state index in [0.717, 1.165) is 0 Å². The van der Waals surface area contributed by atoms with Crippen molar-refractivity contribution in [3.05, 3.63) is 48.5 Å². The molecule has 0 bridgehead atoms. The molecule has 0 saturated heterocycles. The molecule has 86 valence electrons. The van der Waals surface area contributed by atoms with Crippen LogP contribution in [0, 0.1) is 0 Å². The Bertz CT molecular complexity index is 479. The van der Waals surface area contributed by atoms with Gasteiger partial charge >= 0.3 is 7.12 Å². The van der Waals surface area contributed by atoms with E-state index in [2.05, 4.69) is 9.97 Å². The molecular weight excluding hydrogens is 219 g/mol. The smallest absolute Gasteiger partial charge is 0.486 e. The van der Waals surface area contributed by atoms with Crippen molar-refractivity contribution < 1.29 is 14.8 Å². The number of hydrogen-bond donors (Lipinski definition) is 2. The van der Waals surface area contributed by atoms with Crippen LogP contribution in [0.2, 0.25) is 0 Å². The summed E-state index contributed by atoms with van der Waals surface area (Å²) in [6, 6.07) is 8.44. The van der Waals surface area contributed by atoms with E-state index < -0.39 is 7.12 Å². The molecule has 0 unspecified atom stereocenters. The number of ether oxygens (including phenoxy) is 1. The van der Waals surface area contributed by atoms with E-state index in [-0.39, 0.29) is 6.61 Å². The average molecular weight is 230 g/mol. The molecule has 2 rings (SSSR count). The van der Waals surface area contributed by atoms with Crippen LogP contribution in [-0.4, -0.2) is 27.1 Å². The Morgan fingerprint density at radius 2 is 1.76 bits per heavy atom. The Hall–Kier alpha value is -1.92. The number of rotatable bonds is 4. The van der Waals surface area contributed by atoms with Gasteiger partial charge in [-0.25, -0.2) is 9.97 Å². The fourth-order valence-corrected chi connectivity index (χ4v) is 1.37. The Kier molecular flexibility index (Phi) is 3.69. The number of para-hydroxylation sites is 1. The fourth-order valence-electron chi connectivity index (χ4n) is 1.37. The van der Waals surface area contributed by atoms with Crippen molar-refractivity contribution in [1.29, 1.82) is 0 Å². The van der Waals surface area contributed by atoms with Crippen LogP contribution in [-0.2, 0) is 6.61 Å². The predicted octanol–water partition coefficient (Wildman–Crippen LogP) is -0.265. The van der Waals surface area contributed by atoms with Crippen molar-refractivity contribution in [2.24, 2.45) is 0 Å². The minimum absolute atomic E-state index is 0.185.